The van der Waals surface area contributed by atoms with Crippen molar-refractivity contribution in [2.24, 2.45) is 5.41 Å². The van der Waals surface area contributed by atoms with Gasteiger partial charge in [-0.25, -0.2) is 13.1 Å². The summed E-state index contributed by atoms with van der Waals surface area (Å²) in [5.74, 6) is 0. The Morgan fingerprint density at radius 3 is 2.60 bits per heavy atom. The highest BCUT2D eigenvalue weighted by molar-refractivity contribution is 9.10. The van der Waals surface area contributed by atoms with Crippen molar-refractivity contribution in [3.63, 3.8) is 0 Å². The van der Waals surface area contributed by atoms with Crippen molar-refractivity contribution in [3.05, 3.63) is 28.2 Å². The number of sulfonamides is 1. The Morgan fingerprint density at radius 1 is 1.35 bits per heavy atom. The molecular formula is C14H21BrN2O2S. The van der Waals surface area contributed by atoms with Crippen LogP contribution in [0.1, 0.15) is 31.7 Å². The third kappa shape index (κ3) is 3.61. The molecule has 112 valence electrons. The monoisotopic (exact) mass is 360 g/mol. The summed E-state index contributed by atoms with van der Waals surface area (Å²) in [6, 6.07) is 5.41. The van der Waals surface area contributed by atoms with Crippen LogP contribution in [0.5, 0.6) is 0 Å². The van der Waals surface area contributed by atoms with Crippen LogP contribution in [0.15, 0.2) is 27.6 Å². The summed E-state index contributed by atoms with van der Waals surface area (Å²) in [6.07, 6.45) is 3.26. The molecular weight excluding hydrogens is 340 g/mol. The molecule has 0 aliphatic heterocycles. The zero-order valence-electron chi connectivity index (χ0n) is 11.9. The van der Waals surface area contributed by atoms with E-state index in [1.54, 1.807) is 12.1 Å². The molecule has 0 aromatic heterocycles. The molecule has 0 heterocycles. The van der Waals surface area contributed by atoms with Crippen LogP contribution < -0.4 is 10.0 Å². The Kier molecular flexibility index (Phi) is 4.89. The van der Waals surface area contributed by atoms with Crippen molar-refractivity contribution in [1.29, 1.82) is 0 Å². The van der Waals surface area contributed by atoms with Gasteiger partial charge in [-0.15, -0.1) is 0 Å². The molecule has 0 radical (unpaired) electrons. The van der Waals surface area contributed by atoms with Crippen molar-refractivity contribution < 1.29 is 8.42 Å². The van der Waals surface area contributed by atoms with E-state index in [2.05, 4.69) is 32.9 Å². The molecule has 0 atom stereocenters. The first-order valence-electron chi connectivity index (χ1n) is 6.85. The third-order valence-corrected chi connectivity index (χ3v) is 6.41. The van der Waals surface area contributed by atoms with Gasteiger partial charge >= 0.3 is 0 Å². The maximum atomic E-state index is 12.4. The van der Waals surface area contributed by atoms with Crippen molar-refractivity contribution >= 4 is 26.0 Å². The first-order valence-corrected chi connectivity index (χ1v) is 9.13. The molecule has 0 bridgehead atoms. The van der Waals surface area contributed by atoms with Gasteiger partial charge in [-0.2, -0.15) is 0 Å². The van der Waals surface area contributed by atoms with Gasteiger partial charge in [-0.05, 0) is 65.4 Å². The Morgan fingerprint density at radius 2 is 2.05 bits per heavy atom. The fraction of sp³-hybridized carbons (Fsp3) is 0.571. The van der Waals surface area contributed by atoms with E-state index in [4.69, 9.17) is 0 Å². The molecule has 2 N–H and O–H groups in total. The molecule has 6 heteroatoms. The molecule has 1 aromatic carbocycles. The molecule has 1 saturated carbocycles. The largest absolute Gasteiger partial charge is 0.316 e. The van der Waals surface area contributed by atoms with Crippen LogP contribution in [0, 0.1) is 5.41 Å². The summed E-state index contributed by atoms with van der Waals surface area (Å²) in [7, 11) is -1.62. The highest BCUT2D eigenvalue weighted by Crippen LogP contribution is 2.48. The predicted molar refractivity (Wildman–Crippen MR) is 84.1 cm³/mol. The Bertz CT molecular complexity index is 583. The average Bonchev–Trinajstić information content (AvgIpc) is 3.20. The lowest BCUT2D eigenvalue weighted by Gasteiger charge is -2.15. The van der Waals surface area contributed by atoms with Crippen LogP contribution >= 0.6 is 15.9 Å². The summed E-state index contributed by atoms with van der Waals surface area (Å²) in [4.78, 5) is 0.317. The van der Waals surface area contributed by atoms with Crippen molar-refractivity contribution in [3.8, 4) is 0 Å². The highest BCUT2D eigenvalue weighted by Gasteiger charge is 2.41. The number of rotatable bonds is 7. The maximum Gasteiger partial charge on any atom is 0.241 e. The van der Waals surface area contributed by atoms with Gasteiger partial charge in [-0.1, -0.05) is 13.0 Å². The van der Waals surface area contributed by atoms with Crippen LogP contribution in [0.3, 0.4) is 0 Å². The lowest BCUT2D eigenvalue weighted by Crippen LogP contribution is -2.30. The normalized spacial score (nSPS) is 17.1. The van der Waals surface area contributed by atoms with E-state index >= 15 is 0 Å². The van der Waals surface area contributed by atoms with Crippen LogP contribution in [0.4, 0.5) is 0 Å². The fourth-order valence-electron chi connectivity index (χ4n) is 2.23. The quantitative estimate of drug-likeness (QED) is 0.785. The van der Waals surface area contributed by atoms with Crippen LogP contribution in [0.25, 0.3) is 0 Å². The number of nitrogens with one attached hydrogen (secondary N) is 2. The van der Waals surface area contributed by atoms with Gasteiger partial charge in [0.15, 0.2) is 0 Å². The van der Waals surface area contributed by atoms with E-state index in [0.29, 0.717) is 22.5 Å². The smallest absolute Gasteiger partial charge is 0.241 e. The maximum absolute atomic E-state index is 12.4. The number of hydrogen-bond acceptors (Lipinski definition) is 3. The second-order valence-electron chi connectivity index (χ2n) is 5.47. The minimum Gasteiger partial charge on any atom is -0.316 e. The molecule has 0 spiro atoms. The summed E-state index contributed by atoms with van der Waals surface area (Å²) in [5, 5.41) is 3.03. The van der Waals surface area contributed by atoms with Gasteiger partial charge in [0.2, 0.25) is 10.0 Å². The number of benzene rings is 1. The van der Waals surface area contributed by atoms with E-state index in [1.165, 1.54) is 0 Å². The fourth-order valence-corrected chi connectivity index (χ4v) is 4.39. The van der Waals surface area contributed by atoms with E-state index in [-0.39, 0.29) is 5.41 Å². The lowest BCUT2D eigenvalue weighted by molar-refractivity contribution is 0.475. The zero-order chi connectivity index (χ0) is 14.8. The molecule has 0 unspecified atom stereocenters. The molecule has 0 amide bonds. The molecule has 1 aliphatic rings. The van der Waals surface area contributed by atoms with Crippen LogP contribution in [-0.4, -0.2) is 22.0 Å². The Balaban J connectivity index is 2.17. The molecule has 4 nitrogen and oxygen atoms in total. The van der Waals surface area contributed by atoms with Gasteiger partial charge in [0.05, 0.1) is 4.90 Å². The molecule has 2 rings (SSSR count). The van der Waals surface area contributed by atoms with Crippen LogP contribution in [0.2, 0.25) is 0 Å². The summed E-state index contributed by atoms with van der Waals surface area (Å²) < 4.78 is 28.2. The molecule has 1 fully saturated rings. The van der Waals surface area contributed by atoms with Crippen molar-refractivity contribution in [2.75, 3.05) is 13.6 Å². The molecule has 1 aliphatic carbocycles. The van der Waals surface area contributed by atoms with E-state index < -0.39 is 10.0 Å². The lowest BCUT2D eigenvalue weighted by atomic mass is 10.1. The number of hydrogen-bond donors (Lipinski definition) is 2. The minimum atomic E-state index is -3.46. The van der Waals surface area contributed by atoms with E-state index in [9.17, 15) is 8.42 Å². The summed E-state index contributed by atoms with van der Waals surface area (Å²) in [6.45, 7) is 3.30. The third-order valence-electron chi connectivity index (χ3n) is 4.01. The second kappa shape index (κ2) is 6.13. The molecule has 0 saturated heterocycles. The zero-order valence-corrected chi connectivity index (χ0v) is 14.3. The van der Waals surface area contributed by atoms with Gasteiger partial charge in [0.1, 0.15) is 0 Å². The van der Waals surface area contributed by atoms with Gasteiger partial charge in [-0.3, -0.25) is 0 Å². The van der Waals surface area contributed by atoms with E-state index in [0.717, 1.165) is 24.8 Å². The van der Waals surface area contributed by atoms with Crippen molar-refractivity contribution in [2.45, 2.75) is 37.6 Å². The van der Waals surface area contributed by atoms with E-state index in [1.807, 2.05) is 13.1 Å². The van der Waals surface area contributed by atoms with Crippen molar-refractivity contribution in [1.82, 2.24) is 10.0 Å². The first-order chi connectivity index (χ1) is 9.42. The van der Waals surface area contributed by atoms with Crippen LogP contribution in [-0.2, 0) is 16.6 Å². The molecule has 20 heavy (non-hydrogen) atoms. The summed E-state index contributed by atoms with van der Waals surface area (Å²) >= 11 is 3.33. The predicted octanol–water partition coefficient (Wildman–Crippen LogP) is 2.64. The highest BCUT2D eigenvalue weighted by atomic mass is 79.9. The summed E-state index contributed by atoms with van der Waals surface area (Å²) in [5.41, 5.74) is 1.15. The Labute approximate surface area is 129 Å². The number of halogens is 1. The SMILES string of the molecule is CCC1(CNS(=O)(=O)c2cc(CNC)ccc2Br)CC1. The van der Waals surface area contributed by atoms with Gasteiger partial charge in [0.25, 0.3) is 0 Å². The minimum absolute atomic E-state index is 0.197. The Hall–Kier alpha value is -0.430. The topological polar surface area (TPSA) is 58.2 Å². The second-order valence-corrected chi connectivity index (χ2v) is 8.06. The standard InChI is InChI=1S/C14H21BrN2O2S/c1-3-14(6-7-14)10-17-20(18,19)13-8-11(9-16-2)4-5-12(13)15/h4-5,8,16-17H,3,6-7,9-10H2,1-2H3. The van der Waals surface area contributed by atoms with Gasteiger partial charge < -0.3 is 5.32 Å². The molecule has 1 aromatic rings. The average molecular weight is 361 g/mol. The van der Waals surface area contributed by atoms with Gasteiger partial charge in [0, 0.05) is 17.6 Å². The first kappa shape index (κ1) is 15.9.